The molecule has 0 atom stereocenters. The van der Waals surface area contributed by atoms with Crippen LogP contribution >= 0.6 is 12.6 Å². The Balaban J connectivity index is 1.43. The molecule has 0 aromatic heterocycles. The van der Waals surface area contributed by atoms with E-state index in [9.17, 15) is 0 Å². The summed E-state index contributed by atoms with van der Waals surface area (Å²) in [7, 11) is 0. The van der Waals surface area contributed by atoms with Crippen molar-refractivity contribution in [3.63, 3.8) is 0 Å². The molecule has 7 aromatic carbocycles. The predicted molar refractivity (Wildman–Crippen MR) is 195 cm³/mol. The number of thiol groups is 1. The van der Waals surface area contributed by atoms with Crippen LogP contribution in [0.2, 0.25) is 0 Å². The molecule has 45 heavy (non-hydrogen) atoms. The first-order valence-electron chi connectivity index (χ1n) is 15.2. The van der Waals surface area contributed by atoms with Crippen molar-refractivity contribution in [1.29, 1.82) is 0 Å². The largest absolute Gasteiger partial charge is 0.399 e. The molecule has 2 N–H and O–H groups in total. The lowest BCUT2D eigenvalue weighted by Gasteiger charge is -2.20. The van der Waals surface area contributed by atoms with Crippen LogP contribution in [0.1, 0.15) is 5.56 Å². The Morgan fingerprint density at radius 1 is 0.378 bits per heavy atom. The maximum absolute atomic E-state index is 6.16. The second-order valence-corrected chi connectivity index (χ2v) is 12.0. The van der Waals surface area contributed by atoms with E-state index in [2.05, 4.69) is 159 Å². The maximum atomic E-state index is 6.16. The molecule has 216 valence electrons. The molecule has 0 radical (unpaired) electrons. The monoisotopic (exact) mass is 595 g/mol. The van der Waals surface area contributed by atoms with Gasteiger partial charge in [-0.1, -0.05) is 133 Å². The number of rotatable bonds is 6. The summed E-state index contributed by atoms with van der Waals surface area (Å²) in [5, 5.41) is 0. The van der Waals surface area contributed by atoms with Crippen LogP contribution in [-0.2, 0) is 0 Å². The maximum Gasteiger partial charge on any atom is 0.0314 e. The van der Waals surface area contributed by atoms with Gasteiger partial charge < -0.3 is 5.73 Å². The fraction of sp³-hybridized carbons (Fsp3) is 0.0233. The van der Waals surface area contributed by atoms with Gasteiger partial charge in [0.15, 0.2) is 0 Å². The van der Waals surface area contributed by atoms with Crippen LogP contribution in [-0.4, -0.2) is 0 Å². The summed E-state index contributed by atoms with van der Waals surface area (Å²) in [4.78, 5) is 0.959. The van der Waals surface area contributed by atoms with Gasteiger partial charge in [-0.25, -0.2) is 0 Å². The fourth-order valence-electron chi connectivity index (χ4n) is 5.94. The van der Waals surface area contributed by atoms with Crippen molar-refractivity contribution in [1.82, 2.24) is 0 Å². The standard InChI is InChI=1S/C43H33NS/c1-29-7-9-31(10-8-29)32-11-15-35(16-12-32)41-27-38(30-5-3-2-4-6-30)28-42(43(41)37-19-23-39(44)24-20-37)36-17-13-33(14-18-36)34-21-25-40(45)26-22-34/h2-28,45H,44H2,1H3. The first-order valence-corrected chi connectivity index (χ1v) is 15.6. The van der Waals surface area contributed by atoms with Crippen LogP contribution in [0.15, 0.2) is 169 Å². The molecule has 0 bridgehead atoms. The third-order valence-electron chi connectivity index (χ3n) is 8.42. The third-order valence-corrected chi connectivity index (χ3v) is 8.72. The van der Waals surface area contributed by atoms with E-state index < -0.39 is 0 Å². The van der Waals surface area contributed by atoms with E-state index in [1.807, 2.05) is 24.3 Å². The normalized spacial score (nSPS) is 11.0. The van der Waals surface area contributed by atoms with Crippen LogP contribution in [0.4, 0.5) is 5.69 Å². The smallest absolute Gasteiger partial charge is 0.0314 e. The van der Waals surface area contributed by atoms with E-state index in [0.29, 0.717) is 0 Å². The quantitative estimate of drug-likeness (QED) is 0.145. The highest BCUT2D eigenvalue weighted by molar-refractivity contribution is 7.80. The van der Waals surface area contributed by atoms with Crippen LogP contribution in [0.5, 0.6) is 0 Å². The summed E-state index contributed by atoms with van der Waals surface area (Å²) in [6.45, 7) is 2.12. The number of hydrogen-bond donors (Lipinski definition) is 2. The zero-order valence-corrected chi connectivity index (χ0v) is 26.0. The van der Waals surface area contributed by atoms with Crippen LogP contribution in [0.25, 0.3) is 66.8 Å². The number of benzene rings is 7. The van der Waals surface area contributed by atoms with Crippen LogP contribution in [0.3, 0.4) is 0 Å². The minimum Gasteiger partial charge on any atom is -0.399 e. The third kappa shape index (κ3) is 6.06. The summed E-state index contributed by atoms with van der Waals surface area (Å²) in [6.07, 6.45) is 0. The van der Waals surface area contributed by atoms with Gasteiger partial charge in [0.25, 0.3) is 0 Å². The molecule has 7 aromatic rings. The van der Waals surface area contributed by atoms with Crippen molar-refractivity contribution in [3.05, 3.63) is 169 Å². The Kier molecular flexibility index (Phi) is 7.82. The lowest BCUT2D eigenvalue weighted by molar-refractivity contribution is 1.47. The van der Waals surface area contributed by atoms with Crippen molar-refractivity contribution in [2.75, 3.05) is 5.73 Å². The molecular weight excluding hydrogens is 563 g/mol. The summed E-state index contributed by atoms with van der Waals surface area (Å²) in [6, 6.07) is 58.4. The summed E-state index contributed by atoms with van der Waals surface area (Å²) in [5.74, 6) is 0. The molecule has 0 aliphatic carbocycles. The lowest BCUT2D eigenvalue weighted by Crippen LogP contribution is -1.94. The summed E-state index contributed by atoms with van der Waals surface area (Å²) in [5.41, 5.74) is 22.3. The summed E-state index contributed by atoms with van der Waals surface area (Å²) < 4.78 is 0. The molecule has 0 fully saturated rings. The topological polar surface area (TPSA) is 26.0 Å². The fourth-order valence-corrected chi connectivity index (χ4v) is 6.09. The average Bonchev–Trinajstić information content (AvgIpc) is 3.09. The minimum absolute atomic E-state index is 0.752. The van der Waals surface area contributed by atoms with Gasteiger partial charge >= 0.3 is 0 Å². The molecule has 1 nitrogen and oxygen atoms in total. The Morgan fingerprint density at radius 3 is 1.24 bits per heavy atom. The highest BCUT2D eigenvalue weighted by Crippen LogP contribution is 2.44. The number of anilines is 1. The van der Waals surface area contributed by atoms with Gasteiger partial charge in [0.05, 0.1) is 0 Å². The molecule has 7 rings (SSSR count). The van der Waals surface area contributed by atoms with E-state index in [1.165, 1.54) is 61.2 Å². The van der Waals surface area contributed by atoms with Crippen molar-refractivity contribution in [2.24, 2.45) is 0 Å². The van der Waals surface area contributed by atoms with Gasteiger partial charge in [0.1, 0.15) is 0 Å². The molecular formula is C43H33NS. The lowest BCUT2D eigenvalue weighted by atomic mass is 9.84. The molecule has 0 aliphatic heterocycles. The molecule has 0 spiro atoms. The van der Waals surface area contributed by atoms with E-state index >= 15 is 0 Å². The Morgan fingerprint density at radius 2 is 0.756 bits per heavy atom. The first kappa shape index (κ1) is 28.5. The van der Waals surface area contributed by atoms with Gasteiger partial charge in [-0.3, -0.25) is 0 Å². The second kappa shape index (κ2) is 12.4. The van der Waals surface area contributed by atoms with Crippen molar-refractivity contribution >= 4 is 18.3 Å². The molecule has 0 amide bonds. The Bertz CT molecular complexity index is 1950. The molecule has 2 heteroatoms. The molecule has 0 unspecified atom stereocenters. The number of aryl methyl sites for hydroxylation is 1. The van der Waals surface area contributed by atoms with Crippen molar-refractivity contribution < 1.29 is 0 Å². The second-order valence-electron chi connectivity index (χ2n) is 11.5. The van der Waals surface area contributed by atoms with Crippen molar-refractivity contribution in [2.45, 2.75) is 11.8 Å². The van der Waals surface area contributed by atoms with E-state index in [-0.39, 0.29) is 0 Å². The molecule has 0 saturated heterocycles. The van der Waals surface area contributed by atoms with E-state index in [0.717, 1.165) is 21.7 Å². The van der Waals surface area contributed by atoms with E-state index in [1.54, 1.807) is 0 Å². The average molecular weight is 596 g/mol. The molecule has 0 aliphatic rings. The number of nitrogens with two attached hydrogens (primary N) is 1. The minimum atomic E-state index is 0.752. The predicted octanol–water partition coefficient (Wildman–Crippen LogP) is 11.9. The highest BCUT2D eigenvalue weighted by atomic mass is 32.1. The van der Waals surface area contributed by atoms with E-state index in [4.69, 9.17) is 5.73 Å². The van der Waals surface area contributed by atoms with Crippen molar-refractivity contribution in [3.8, 4) is 66.8 Å². The highest BCUT2D eigenvalue weighted by Gasteiger charge is 2.18. The van der Waals surface area contributed by atoms with Crippen LogP contribution < -0.4 is 5.73 Å². The van der Waals surface area contributed by atoms with Gasteiger partial charge in [0.2, 0.25) is 0 Å². The van der Waals surface area contributed by atoms with Crippen LogP contribution in [0, 0.1) is 6.92 Å². The first-order chi connectivity index (χ1) is 22.0. The summed E-state index contributed by atoms with van der Waals surface area (Å²) >= 11 is 4.46. The number of nitrogen functional groups attached to an aromatic ring is 1. The van der Waals surface area contributed by atoms with Gasteiger partial charge in [0, 0.05) is 10.6 Å². The van der Waals surface area contributed by atoms with Gasteiger partial charge in [-0.2, -0.15) is 0 Å². The molecule has 0 saturated carbocycles. The molecule has 0 heterocycles. The Hall–Kier alpha value is -5.31. The van der Waals surface area contributed by atoms with Gasteiger partial charge in [-0.15, -0.1) is 12.6 Å². The SMILES string of the molecule is Cc1ccc(-c2ccc(-c3cc(-c4ccccc4)cc(-c4ccc(-c5ccc(S)cc5)cc4)c3-c3ccc(N)cc3)cc2)cc1. The zero-order chi connectivity index (χ0) is 30.8. The Labute approximate surface area is 271 Å². The zero-order valence-electron chi connectivity index (χ0n) is 25.1. The van der Waals surface area contributed by atoms with Gasteiger partial charge in [-0.05, 0) is 110 Å². The number of hydrogen-bond acceptors (Lipinski definition) is 2.